The number of piperidine rings is 1. The van der Waals surface area contributed by atoms with Gasteiger partial charge in [-0.15, -0.1) is 0 Å². The third-order valence-corrected chi connectivity index (χ3v) is 5.10. The smallest absolute Gasteiger partial charge is 0.410 e. The van der Waals surface area contributed by atoms with Crippen molar-refractivity contribution >= 4 is 18.2 Å². The Hall–Kier alpha value is -2.24. The van der Waals surface area contributed by atoms with Gasteiger partial charge in [0.05, 0.1) is 11.8 Å². The highest BCUT2D eigenvalue weighted by Gasteiger charge is 2.36. The minimum atomic E-state index is -0.500. The molecule has 1 aliphatic heterocycles. The van der Waals surface area contributed by atoms with Crippen LogP contribution >= 0.6 is 0 Å². The first-order chi connectivity index (χ1) is 13.5. The molecule has 0 aromatic heterocycles. The standard InChI is InChI=1S/C23H36N2O4/c1-15(2)20-12-18(10-11-25(20)22(27)29-23(5,6)7)17-8-9-19(24-14-26)21(13-17)28-16(3)4/h8-9,13-16,18,20H,10-12H2,1-7H3,(H,24,26)/t18-,20+/m0/s1. The van der Waals surface area contributed by atoms with Gasteiger partial charge in [-0.05, 0) is 77.0 Å². The molecule has 0 spiro atoms. The molecule has 6 nitrogen and oxygen atoms in total. The predicted molar refractivity (Wildman–Crippen MR) is 115 cm³/mol. The Balaban J connectivity index is 2.22. The summed E-state index contributed by atoms with van der Waals surface area (Å²) in [5.41, 5.74) is 1.34. The number of amides is 2. The van der Waals surface area contributed by atoms with Crippen molar-refractivity contribution in [2.45, 2.75) is 85.0 Å². The molecule has 1 saturated heterocycles. The van der Waals surface area contributed by atoms with Crippen LogP contribution in [0.5, 0.6) is 5.75 Å². The highest BCUT2D eigenvalue weighted by atomic mass is 16.6. The van der Waals surface area contributed by atoms with Gasteiger partial charge in [-0.25, -0.2) is 4.79 Å². The maximum absolute atomic E-state index is 12.7. The third kappa shape index (κ3) is 6.38. The normalized spacial score (nSPS) is 20.0. The second kappa shape index (κ2) is 9.51. The highest BCUT2D eigenvalue weighted by Crippen LogP contribution is 2.38. The van der Waals surface area contributed by atoms with Crippen LogP contribution in [0.1, 0.15) is 72.8 Å². The van der Waals surface area contributed by atoms with Gasteiger partial charge in [0.2, 0.25) is 6.41 Å². The number of ether oxygens (including phenoxy) is 2. The molecule has 1 aromatic carbocycles. The lowest BCUT2D eigenvalue weighted by Gasteiger charge is -2.42. The van der Waals surface area contributed by atoms with Gasteiger partial charge in [0.15, 0.2) is 0 Å². The highest BCUT2D eigenvalue weighted by molar-refractivity contribution is 5.75. The number of anilines is 1. The van der Waals surface area contributed by atoms with Gasteiger partial charge in [0.25, 0.3) is 0 Å². The van der Waals surface area contributed by atoms with Crippen molar-refractivity contribution in [1.29, 1.82) is 0 Å². The van der Waals surface area contributed by atoms with Crippen LogP contribution in [-0.2, 0) is 9.53 Å². The molecule has 0 bridgehead atoms. The number of hydrogen-bond acceptors (Lipinski definition) is 4. The zero-order valence-corrected chi connectivity index (χ0v) is 18.8. The molecule has 0 aliphatic carbocycles. The summed E-state index contributed by atoms with van der Waals surface area (Å²) in [7, 11) is 0. The van der Waals surface area contributed by atoms with E-state index in [4.69, 9.17) is 9.47 Å². The Morgan fingerprint density at radius 3 is 2.48 bits per heavy atom. The fourth-order valence-corrected chi connectivity index (χ4v) is 3.81. The summed E-state index contributed by atoms with van der Waals surface area (Å²) in [6.07, 6.45) is 2.18. The van der Waals surface area contributed by atoms with Crippen molar-refractivity contribution < 1.29 is 19.1 Å². The van der Waals surface area contributed by atoms with Gasteiger partial charge in [-0.3, -0.25) is 4.79 Å². The summed E-state index contributed by atoms with van der Waals surface area (Å²) >= 11 is 0. The first kappa shape index (κ1) is 23.0. The molecule has 0 unspecified atom stereocenters. The monoisotopic (exact) mass is 404 g/mol. The summed E-state index contributed by atoms with van der Waals surface area (Å²) in [6, 6.07) is 6.08. The van der Waals surface area contributed by atoms with E-state index in [1.165, 1.54) is 5.56 Å². The molecule has 0 saturated carbocycles. The van der Waals surface area contributed by atoms with E-state index in [9.17, 15) is 9.59 Å². The van der Waals surface area contributed by atoms with Gasteiger partial charge in [-0.1, -0.05) is 19.9 Å². The lowest BCUT2D eigenvalue weighted by atomic mass is 9.81. The molecule has 2 atom stereocenters. The molecule has 29 heavy (non-hydrogen) atoms. The van der Waals surface area contributed by atoms with Gasteiger partial charge >= 0.3 is 6.09 Å². The van der Waals surface area contributed by atoms with E-state index in [0.29, 0.717) is 36.2 Å². The minimum absolute atomic E-state index is 0.00915. The summed E-state index contributed by atoms with van der Waals surface area (Å²) in [5, 5.41) is 2.71. The van der Waals surface area contributed by atoms with Crippen LogP contribution in [0.4, 0.5) is 10.5 Å². The van der Waals surface area contributed by atoms with E-state index >= 15 is 0 Å². The van der Waals surface area contributed by atoms with Crippen LogP contribution in [-0.4, -0.2) is 41.7 Å². The Labute approximate surface area is 174 Å². The van der Waals surface area contributed by atoms with E-state index in [2.05, 4.69) is 19.2 Å². The Morgan fingerprint density at radius 1 is 1.24 bits per heavy atom. The summed E-state index contributed by atoms with van der Waals surface area (Å²) in [4.78, 5) is 25.5. The van der Waals surface area contributed by atoms with Crippen LogP contribution in [0.25, 0.3) is 0 Å². The van der Waals surface area contributed by atoms with Gasteiger partial charge in [0, 0.05) is 12.6 Å². The van der Waals surface area contributed by atoms with Crippen LogP contribution in [0.3, 0.4) is 0 Å². The fourth-order valence-electron chi connectivity index (χ4n) is 3.81. The number of hydrogen-bond donors (Lipinski definition) is 1. The number of carbonyl (C=O) groups is 2. The molecular formula is C23H36N2O4. The topological polar surface area (TPSA) is 67.9 Å². The zero-order chi connectivity index (χ0) is 21.8. The molecule has 0 radical (unpaired) electrons. The van der Waals surface area contributed by atoms with Crippen molar-refractivity contribution in [3.05, 3.63) is 23.8 Å². The van der Waals surface area contributed by atoms with Crippen molar-refractivity contribution in [1.82, 2.24) is 4.90 Å². The maximum atomic E-state index is 12.7. The first-order valence-corrected chi connectivity index (χ1v) is 10.5. The molecule has 1 N–H and O–H groups in total. The number of likely N-dealkylation sites (tertiary alicyclic amines) is 1. The molecule has 6 heteroatoms. The molecular weight excluding hydrogens is 368 g/mol. The van der Waals surface area contributed by atoms with E-state index in [1.54, 1.807) is 0 Å². The van der Waals surface area contributed by atoms with Gasteiger partial charge in [0.1, 0.15) is 11.4 Å². The Morgan fingerprint density at radius 2 is 1.93 bits per heavy atom. The number of nitrogens with one attached hydrogen (secondary N) is 1. The fraction of sp³-hybridized carbons (Fsp3) is 0.652. The van der Waals surface area contributed by atoms with Crippen molar-refractivity contribution in [3.8, 4) is 5.75 Å². The van der Waals surface area contributed by atoms with E-state index in [-0.39, 0.29) is 18.2 Å². The SMILES string of the molecule is CC(C)Oc1cc([C@H]2CCN(C(=O)OC(C)(C)C)[C@@H](C(C)C)C2)ccc1NC=O. The minimum Gasteiger partial charge on any atom is -0.489 e. The molecule has 1 aliphatic rings. The largest absolute Gasteiger partial charge is 0.489 e. The quantitative estimate of drug-likeness (QED) is 0.663. The average molecular weight is 405 g/mol. The third-order valence-electron chi connectivity index (χ3n) is 5.10. The Kier molecular flexibility index (Phi) is 7.55. The van der Waals surface area contributed by atoms with Crippen molar-refractivity contribution in [2.75, 3.05) is 11.9 Å². The summed E-state index contributed by atoms with van der Waals surface area (Å²) < 4.78 is 11.5. The lowest BCUT2D eigenvalue weighted by molar-refractivity contribution is -0.105. The van der Waals surface area contributed by atoms with Crippen LogP contribution in [0.15, 0.2) is 18.2 Å². The zero-order valence-electron chi connectivity index (χ0n) is 18.8. The average Bonchev–Trinajstić information content (AvgIpc) is 2.61. The number of carbonyl (C=O) groups excluding carboxylic acids is 2. The molecule has 1 fully saturated rings. The molecule has 1 heterocycles. The molecule has 2 rings (SSSR count). The molecule has 162 valence electrons. The second-order valence-corrected chi connectivity index (χ2v) is 9.39. The number of rotatable bonds is 6. The summed E-state index contributed by atoms with van der Waals surface area (Å²) in [6.45, 7) is 14.6. The summed E-state index contributed by atoms with van der Waals surface area (Å²) in [5.74, 6) is 1.33. The van der Waals surface area contributed by atoms with E-state index in [1.807, 2.05) is 57.7 Å². The number of benzene rings is 1. The second-order valence-electron chi connectivity index (χ2n) is 9.39. The predicted octanol–water partition coefficient (Wildman–Crippen LogP) is 5.18. The van der Waals surface area contributed by atoms with E-state index < -0.39 is 5.60 Å². The van der Waals surface area contributed by atoms with Gasteiger partial charge in [-0.2, -0.15) is 0 Å². The van der Waals surface area contributed by atoms with E-state index in [0.717, 1.165) is 12.8 Å². The Bertz CT molecular complexity index is 709. The molecule has 2 amide bonds. The lowest BCUT2D eigenvalue weighted by Crippen LogP contribution is -2.49. The van der Waals surface area contributed by atoms with Crippen LogP contribution in [0.2, 0.25) is 0 Å². The maximum Gasteiger partial charge on any atom is 0.410 e. The van der Waals surface area contributed by atoms with Crippen LogP contribution < -0.4 is 10.1 Å². The van der Waals surface area contributed by atoms with Crippen molar-refractivity contribution in [2.24, 2.45) is 5.92 Å². The van der Waals surface area contributed by atoms with Crippen molar-refractivity contribution in [3.63, 3.8) is 0 Å². The number of nitrogens with zero attached hydrogens (tertiary/aromatic N) is 1. The molecule has 1 aromatic rings. The first-order valence-electron chi connectivity index (χ1n) is 10.5. The van der Waals surface area contributed by atoms with Gasteiger partial charge < -0.3 is 19.7 Å². The van der Waals surface area contributed by atoms with Crippen LogP contribution in [0, 0.1) is 5.92 Å².